The minimum Gasteiger partial charge on any atom is -0.396 e. The molecule has 0 aromatic heterocycles. The number of nitrogens with one attached hydrogen (secondary N) is 1. The summed E-state index contributed by atoms with van der Waals surface area (Å²) < 4.78 is 0. The summed E-state index contributed by atoms with van der Waals surface area (Å²) in [5, 5.41) is 12.2. The molecule has 18 heavy (non-hydrogen) atoms. The van der Waals surface area contributed by atoms with Gasteiger partial charge in [0.1, 0.15) is 5.54 Å². The summed E-state index contributed by atoms with van der Waals surface area (Å²) in [6.07, 6.45) is 5.05. The van der Waals surface area contributed by atoms with Crippen molar-refractivity contribution >= 4 is 17.7 Å². The largest absolute Gasteiger partial charge is 0.396 e. The zero-order valence-electron chi connectivity index (χ0n) is 11.3. The Labute approximate surface area is 114 Å². The minimum absolute atomic E-state index is 0.189. The van der Waals surface area contributed by atoms with Gasteiger partial charge in [-0.25, -0.2) is 0 Å². The molecule has 5 heteroatoms. The zero-order chi connectivity index (χ0) is 13.4. The minimum atomic E-state index is -0.476. The first-order valence-electron chi connectivity index (χ1n) is 6.91. The molecule has 0 heterocycles. The summed E-state index contributed by atoms with van der Waals surface area (Å²) in [5.41, 5.74) is 5.17. The first-order chi connectivity index (χ1) is 8.67. The number of carbonyl (C=O) groups excluding carboxylic acids is 1. The van der Waals surface area contributed by atoms with Gasteiger partial charge in [0, 0.05) is 5.75 Å². The molecular weight excluding hydrogens is 248 g/mol. The van der Waals surface area contributed by atoms with Crippen LogP contribution in [0.25, 0.3) is 0 Å². The second-order valence-corrected chi connectivity index (χ2v) is 6.20. The third-order valence-electron chi connectivity index (χ3n) is 3.80. The lowest BCUT2D eigenvalue weighted by Crippen LogP contribution is -2.58. The summed E-state index contributed by atoms with van der Waals surface area (Å²) in [4.78, 5) is 11.8. The molecule has 1 aliphatic carbocycles. The van der Waals surface area contributed by atoms with Crippen LogP contribution in [0.1, 0.15) is 39.0 Å². The molecule has 1 aliphatic rings. The molecule has 1 rings (SSSR count). The molecule has 1 amide bonds. The summed E-state index contributed by atoms with van der Waals surface area (Å²) >= 11 is 1.75. The molecular formula is C13H26N2O2S. The lowest BCUT2D eigenvalue weighted by Gasteiger charge is -2.33. The summed E-state index contributed by atoms with van der Waals surface area (Å²) in [5.74, 6) is 1.94. The van der Waals surface area contributed by atoms with Gasteiger partial charge >= 0.3 is 0 Å². The zero-order valence-corrected chi connectivity index (χ0v) is 12.1. The van der Waals surface area contributed by atoms with Crippen LogP contribution in [0.15, 0.2) is 0 Å². The van der Waals surface area contributed by atoms with Crippen LogP contribution in [0.4, 0.5) is 0 Å². The molecule has 4 N–H and O–H groups in total. The average Bonchev–Trinajstić information content (AvgIpc) is 2.76. The van der Waals surface area contributed by atoms with Gasteiger partial charge in [-0.2, -0.15) is 11.8 Å². The molecule has 0 radical (unpaired) electrons. The Kier molecular flexibility index (Phi) is 7.04. The van der Waals surface area contributed by atoms with Crippen LogP contribution in [0, 0.1) is 5.92 Å². The van der Waals surface area contributed by atoms with Crippen molar-refractivity contribution in [3.8, 4) is 0 Å². The fourth-order valence-electron chi connectivity index (χ4n) is 2.85. The number of aliphatic hydroxyl groups is 1. The molecule has 2 atom stereocenters. The highest BCUT2D eigenvalue weighted by molar-refractivity contribution is 7.99. The smallest absolute Gasteiger partial charge is 0.238 e. The molecule has 1 saturated carbocycles. The third-order valence-corrected chi connectivity index (χ3v) is 4.79. The van der Waals surface area contributed by atoms with E-state index in [9.17, 15) is 4.79 Å². The standard InChI is InChI=1S/C13H26N2O2S/c1-2-7-15-13(12(14)17)6-3-4-11(13)5-9-18-10-8-16/h11,15-16H,2-10H2,1H3,(H2,14,17). The predicted molar refractivity (Wildman–Crippen MR) is 76.6 cm³/mol. The Morgan fingerprint density at radius 1 is 1.56 bits per heavy atom. The third kappa shape index (κ3) is 3.87. The number of hydrogen-bond donors (Lipinski definition) is 3. The normalized spacial score (nSPS) is 27.6. The average molecular weight is 274 g/mol. The quantitative estimate of drug-likeness (QED) is 0.551. The number of nitrogens with two attached hydrogens (primary N) is 1. The Hall–Kier alpha value is -0.260. The van der Waals surface area contributed by atoms with E-state index < -0.39 is 5.54 Å². The first-order valence-corrected chi connectivity index (χ1v) is 8.06. The second-order valence-electron chi connectivity index (χ2n) is 4.98. The van der Waals surface area contributed by atoms with Crippen molar-refractivity contribution in [3.05, 3.63) is 0 Å². The Morgan fingerprint density at radius 3 is 2.94 bits per heavy atom. The number of hydrogen-bond acceptors (Lipinski definition) is 4. The molecule has 0 aromatic rings. The summed E-state index contributed by atoms with van der Waals surface area (Å²) in [6, 6.07) is 0. The van der Waals surface area contributed by atoms with E-state index in [-0.39, 0.29) is 12.5 Å². The highest BCUT2D eigenvalue weighted by Gasteiger charge is 2.46. The van der Waals surface area contributed by atoms with Crippen LogP contribution in [0.5, 0.6) is 0 Å². The fourth-order valence-corrected chi connectivity index (χ4v) is 3.64. The molecule has 0 aliphatic heterocycles. The van der Waals surface area contributed by atoms with Gasteiger partial charge in [0.25, 0.3) is 0 Å². The maximum absolute atomic E-state index is 11.8. The predicted octanol–water partition coefficient (Wildman–Crippen LogP) is 1.13. The van der Waals surface area contributed by atoms with Crippen LogP contribution in [-0.4, -0.2) is 41.2 Å². The van der Waals surface area contributed by atoms with E-state index in [1.165, 1.54) is 0 Å². The Balaban J connectivity index is 2.54. The molecule has 2 unspecified atom stereocenters. The first kappa shape index (κ1) is 15.8. The van der Waals surface area contributed by atoms with Crippen LogP contribution in [0.2, 0.25) is 0 Å². The Bertz CT molecular complexity index is 263. The van der Waals surface area contributed by atoms with Crippen molar-refractivity contribution in [1.29, 1.82) is 0 Å². The fraction of sp³-hybridized carbons (Fsp3) is 0.923. The molecule has 0 bridgehead atoms. The number of aliphatic hydroxyl groups excluding tert-OH is 1. The van der Waals surface area contributed by atoms with Crippen molar-refractivity contribution in [2.75, 3.05) is 24.7 Å². The highest BCUT2D eigenvalue weighted by Crippen LogP contribution is 2.38. The van der Waals surface area contributed by atoms with E-state index in [1.54, 1.807) is 11.8 Å². The van der Waals surface area contributed by atoms with E-state index in [1.807, 2.05) is 0 Å². The number of carbonyl (C=O) groups is 1. The van der Waals surface area contributed by atoms with Gasteiger partial charge in [0.05, 0.1) is 6.61 Å². The maximum atomic E-state index is 11.8. The topological polar surface area (TPSA) is 75.3 Å². The van der Waals surface area contributed by atoms with Gasteiger partial charge in [0.15, 0.2) is 0 Å². The number of amides is 1. The molecule has 0 aromatic carbocycles. The van der Waals surface area contributed by atoms with Crippen LogP contribution in [0.3, 0.4) is 0 Å². The Morgan fingerprint density at radius 2 is 2.33 bits per heavy atom. The van der Waals surface area contributed by atoms with Crippen LogP contribution >= 0.6 is 11.8 Å². The number of thioether (sulfide) groups is 1. The van der Waals surface area contributed by atoms with E-state index in [2.05, 4.69) is 12.2 Å². The van der Waals surface area contributed by atoms with E-state index in [4.69, 9.17) is 10.8 Å². The lowest BCUT2D eigenvalue weighted by atomic mass is 9.84. The summed E-state index contributed by atoms with van der Waals surface area (Å²) in [7, 11) is 0. The van der Waals surface area contributed by atoms with Crippen LogP contribution < -0.4 is 11.1 Å². The van der Waals surface area contributed by atoms with Crippen molar-refractivity contribution in [2.24, 2.45) is 11.7 Å². The van der Waals surface area contributed by atoms with Gasteiger partial charge in [0.2, 0.25) is 5.91 Å². The molecule has 1 fully saturated rings. The maximum Gasteiger partial charge on any atom is 0.238 e. The van der Waals surface area contributed by atoms with Crippen molar-refractivity contribution < 1.29 is 9.90 Å². The lowest BCUT2D eigenvalue weighted by molar-refractivity contribution is -0.126. The monoisotopic (exact) mass is 274 g/mol. The van der Waals surface area contributed by atoms with Gasteiger partial charge in [-0.15, -0.1) is 0 Å². The second kappa shape index (κ2) is 8.02. The van der Waals surface area contributed by atoms with Crippen molar-refractivity contribution in [3.63, 3.8) is 0 Å². The molecule has 0 spiro atoms. The van der Waals surface area contributed by atoms with Crippen molar-refractivity contribution in [2.45, 2.75) is 44.6 Å². The van der Waals surface area contributed by atoms with Crippen LogP contribution in [-0.2, 0) is 4.79 Å². The highest BCUT2D eigenvalue weighted by atomic mass is 32.2. The summed E-state index contributed by atoms with van der Waals surface area (Å²) in [6.45, 7) is 3.18. The van der Waals surface area contributed by atoms with Crippen molar-refractivity contribution in [1.82, 2.24) is 5.32 Å². The van der Waals surface area contributed by atoms with Gasteiger partial charge in [-0.1, -0.05) is 13.3 Å². The van der Waals surface area contributed by atoms with E-state index in [0.29, 0.717) is 5.92 Å². The van der Waals surface area contributed by atoms with E-state index >= 15 is 0 Å². The van der Waals surface area contributed by atoms with Gasteiger partial charge in [-0.3, -0.25) is 4.79 Å². The number of primary amides is 1. The molecule has 4 nitrogen and oxygen atoms in total. The molecule has 106 valence electrons. The number of rotatable bonds is 9. The SMILES string of the molecule is CCCNC1(C(N)=O)CCCC1CCSCCO. The van der Waals surface area contributed by atoms with Gasteiger partial charge < -0.3 is 16.2 Å². The molecule has 0 saturated heterocycles. The van der Waals surface area contributed by atoms with E-state index in [0.717, 1.165) is 50.2 Å². The van der Waals surface area contributed by atoms with Gasteiger partial charge in [-0.05, 0) is 43.9 Å².